The molecule has 0 bridgehead atoms. The van der Waals surface area contributed by atoms with Crippen molar-refractivity contribution in [1.82, 2.24) is 0 Å². The second-order valence-corrected chi connectivity index (χ2v) is 4.30. The van der Waals surface area contributed by atoms with Crippen LogP contribution in [-0.2, 0) is 4.79 Å². The van der Waals surface area contributed by atoms with E-state index in [0.717, 1.165) is 5.56 Å². The van der Waals surface area contributed by atoms with E-state index < -0.39 is 17.4 Å². The molecule has 86 valence electrons. The minimum Gasteiger partial charge on any atom is -0.388 e. The molecular weight excluding hydrogens is 202 g/mol. The fourth-order valence-corrected chi connectivity index (χ4v) is 1.15. The van der Waals surface area contributed by atoms with E-state index in [-0.39, 0.29) is 0 Å². The van der Waals surface area contributed by atoms with E-state index in [2.05, 4.69) is 0 Å². The Kier molecular flexibility index (Phi) is 3.85. The maximum atomic E-state index is 11.1. The zero-order valence-corrected chi connectivity index (χ0v) is 9.55. The molecule has 1 rings (SSSR count). The number of rotatable bonds is 4. The third-order valence-electron chi connectivity index (χ3n) is 2.65. The van der Waals surface area contributed by atoms with Gasteiger partial charge in [-0.15, -0.1) is 0 Å². The summed E-state index contributed by atoms with van der Waals surface area (Å²) in [7, 11) is 0. The van der Waals surface area contributed by atoms with Gasteiger partial charge >= 0.3 is 0 Å². The first kappa shape index (κ1) is 12.5. The zero-order chi connectivity index (χ0) is 12.2. The Balaban J connectivity index is 2.75. The third kappa shape index (κ3) is 2.94. The Morgan fingerprint density at radius 3 is 2.44 bits per heavy atom. The molecule has 0 aliphatic carbocycles. The molecule has 3 nitrogen and oxygen atoms in total. The van der Waals surface area contributed by atoms with Crippen LogP contribution in [0.5, 0.6) is 0 Å². The Morgan fingerprint density at radius 1 is 1.38 bits per heavy atom. The molecule has 0 saturated carbocycles. The summed E-state index contributed by atoms with van der Waals surface area (Å²) >= 11 is 0. The summed E-state index contributed by atoms with van der Waals surface area (Å²) < 4.78 is 0. The van der Waals surface area contributed by atoms with Gasteiger partial charge in [0.25, 0.3) is 0 Å². The second-order valence-electron chi connectivity index (χ2n) is 4.30. The number of benzene rings is 1. The minimum absolute atomic E-state index is 0.516. The van der Waals surface area contributed by atoms with Crippen molar-refractivity contribution in [2.24, 2.45) is 11.1 Å². The van der Waals surface area contributed by atoms with Gasteiger partial charge in [-0.1, -0.05) is 42.5 Å². The number of nitrogens with two attached hydrogens (primary N) is 1. The van der Waals surface area contributed by atoms with Gasteiger partial charge in [0.1, 0.15) is 0 Å². The lowest BCUT2D eigenvalue weighted by Crippen LogP contribution is -2.40. The van der Waals surface area contributed by atoms with Crippen molar-refractivity contribution in [2.45, 2.75) is 20.0 Å². The van der Waals surface area contributed by atoms with Crippen LogP contribution >= 0.6 is 0 Å². The topological polar surface area (TPSA) is 63.3 Å². The molecule has 0 saturated heterocycles. The summed E-state index contributed by atoms with van der Waals surface area (Å²) in [4.78, 5) is 11.1. The maximum absolute atomic E-state index is 11.1. The highest BCUT2D eigenvalue weighted by molar-refractivity contribution is 5.81. The molecule has 1 amide bonds. The van der Waals surface area contributed by atoms with E-state index in [0.29, 0.717) is 0 Å². The largest absolute Gasteiger partial charge is 0.388 e. The molecule has 0 aromatic heterocycles. The van der Waals surface area contributed by atoms with Crippen LogP contribution in [0.25, 0.3) is 6.08 Å². The van der Waals surface area contributed by atoms with E-state index in [9.17, 15) is 9.90 Å². The SMILES string of the molecule is CC(C)(C(N)=O)C(O)/C=C/c1ccccc1. The van der Waals surface area contributed by atoms with E-state index in [1.54, 1.807) is 26.0 Å². The number of amides is 1. The molecule has 0 aliphatic heterocycles. The third-order valence-corrected chi connectivity index (χ3v) is 2.65. The highest BCUT2D eigenvalue weighted by Gasteiger charge is 2.31. The summed E-state index contributed by atoms with van der Waals surface area (Å²) in [6, 6.07) is 9.57. The summed E-state index contributed by atoms with van der Waals surface area (Å²) in [5.74, 6) is -0.516. The zero-order valence-electron chi connectivity index (χ0n) is 9.55. The van der Waals surface area contributed by atoms with Crippen LogP contribution in [0, 0.1) is 5.41 Å². The highest BCUT2D eigenvalue weighted by Crippen LogP contribution is 2.21. The average molecular weight is 219 g/mol. The molecule has 16 heavy (non-hydrogen) atoms. The maximum Gasteiger partial charge on any atom is 0.226 e. The van der Waals surface area contributed by atoms with Crippen molar-refractivity contribution >= 4 is 12.0 Å². The lowest BCUT2D eigenvalue weighted by atomic mass is 9.85. The summed E-state index contributed by atoms with van der Waals surface area (Å²) in [5.41, 5.74) is 5.23. The Bertz CT molecular complexity index is 382. The molecule has 0 radical (unpaired) electrons. The van der Waals surface area contributed by atoms with Crippen molar-refractivity contribution in [2.75, 3.05) is 0 Å². The Labute approximate surface area is 95.6 Å². The van der Waals surface area contributed by atoms with Crippen molar-refractivity contribution < 1.29 is 9.90 Å². The quantitative estimate of drug-likeness (QED) is 0.807. The number of hydrogen-bond donors (Lipinski definition) is 2. The molecule has 1 atom stereocenters. The van der Waals surface area contributed by atoms with Gasteiger partial charge in [-0.25, -0.2) is 0 Å². The monoisotopic (exact) mass is 219 g/mol. The normalized spacial score (nSPS) is 13.9. The summed E-state index contributed by atoms with van der Waals surface area (Å²) in [6.07, 6.45) is 2.47. The molecule has 0 heterocycles. The molecule has 0 fully saturated rings. The van der Waals surface area contributed by atoms with Crippen LogP contribution in [0.2, 0.25) is 0 Å². The molecule has 3 N–H and O–H groups in total. The number of carbonyl (C=O) groups excluding carboxylic acids is 1. The van der Waals surface area contributed by atoms with Gasteiger partial charge in [0.15, 0.2) is 0 Å². The Morgan fingerprint density at radius 2 is 1.94 bits per heavy atom. The molecule has 3 heteroatoms. The predicted molar refractivity (Wildman–Crippen MR) is 64.5 cm³/mol. The van der Waals surface area contributed by atoms with E-state index >= 15 is 0 Å². The lowest BCUT2D eigenvalue weighted by Gasteiger charge is -2.24. The van der Waals surface area contributed by atoms with E-state index in [1.165, 1.54) is 0 Å². The first-order valence-corrected chi connectivity index (χ1v) is 5.16. The molecular formula is C13H17NO2. The number of aliphatic hydroxyl groups excluding tert-OH is 1. The molecule has 0 aliphatic rings. The van der Waals surface area contributed by atoms with Crippen LogP contribution < -0.4 is 5.73 Å². The van der Waals surface area contributed by atoms with Crippen LogP contribution in [0.4, 0.5) is 0 Å². The molecule has 1 aromatic rings. The number of primary amides is 1. The molecule has 0 spiro atoms. The summed E-state index contributed by atoms with van der Waals surface area (Å²) in [5, 5.41) is 9.82. The first-order chi connectivity index (χ1) is 7.44. The molecule has 1 unspecified atom stereocenters. The van der Waals surface area contributed by atoms with Gasteiger partial charge in [0, 0.05) is 0 Å². The van der Waals surface area contributed by atoms with Crippen LogP contribution in [0.3, 0.4) is 0 Å². The van der Waals surface area contributed by atoms with E-state index in [1.807, 2.05) is 30.3 Å². The summed E-state index contributed by atoms with van der Waals surface area (Å²) in [6.45, 7) is 3.24. The van der Waals surface area contributed by atoms with Gasteiger partial charge in [0.2, 0.25) is 5.91 Å². The van der Waals surface area contributed by atoms with Gasteiger partial charge in [-0.05, 0) is 19.4 Å². The van der Waals surface area contributed by atoms with Crippen LogP contribution in [0.15, 0.2) is 36.4 Å². The van der Waals surface area contributed by atoms with Gasteiger partial charge in [-0.2, -0.15) is 0 Å². The van der Waals surface area contributed by atoms with Crippen molar-refractivity contribution in [3.05, 3.63) is 42.0 Å². The van der Waals surface area contributed by atoms with Crippen molar-refractivity contribution in [1.29, 1.82) is 0 Å². The van der Waals surface area contributed by atoms with Gasteiger partial charge < -0.3 is 10.8 Å². The minimum atomic E-state index is -0.953. The van der Waals surface area contributed by atoms with Gasteiger partial charge in [0.05, 0.1) is 11.5 Å². The van der Waals surface area contributed by atoms with Crippen molar-refractivity contribution in [3.63, 3.8) is 0 Å². The number of aliphatic hydroxyl groups is 1. The number of hydrogen-bond acceptors (Lipinski definition) is 2. The molecule has 1 aromatic carbocycles. The van der Waals surface area contributed by atoms with Gasteiger partial charge in [-0.3, -0.25) is 4.79 Å². The fraction of sp³-hybridized carbons (Fsp3) is 0.308. The Hall–Kier alpha value is -1.61. The highest BCUT2D eigenvalue weighted by atomic mass is 16.3. The fourth-order valence-electron chi connectivity index (χ4n) is 1.15. The van der Waals surface area contributed by atoms with Crippen LogP contribution in [-0.4, -0.2) is 17.1 Å². The average Bonchev–Trinajstić information content (AvgIpc) is 2.27. The first-order valence-electron chi connectivity index (χ1n) is 5.16. The number of carbonyl (C=O) groups is 1. The van der Waals surface area contributed by atoms with Crippen LogP contribution in [0.1, 0.15) is 19.4 Å². The smallest absolute Gasteiger partial charge is 0.226 e. The standard InChI is InChI=1S/C13H17NO2/c1-13(2,12(14)16)11(15)9-8-10-6-4-3-5-7-10/h3-9,11,15H,1-2H3,(H2,14,16)/b9-8+. The predicted octanol–water partition coefficient (Wildman–Crippen LogP) is 1.57. The lowest BCUT2D eigenvalue weighted by molar-refractivity contribution is -0.130. The van der Waals surface area contributed by atoms with E-state index in [4.69, 9.17) is 5.73 Å². The van der Waals surface area contributed by atoms with Crippen molar-refractivity contribution in [3.8, 4) is 0 Å². The second kappa shape index (κ2) is 4.94.